The number of carbonyl (C=O) groups excluding carboxylic acids is 1. The molecule has 2 aromatic heterocycles. The summed E-state index contributed by atoms with van der Waals surface area (Å²) in [6.45, 7) is 6.43. The zero-order chi connectivity index (χ0) is 22.0. The van der Waals surface area contributed by atoms with Gasteiger partial charge in [0.15, 0.2) is 0 Å². The van der Waals surface area contributed by atoms with Crippen molar-refractivity contribution in [2.24, 2.45) is 7.05 Å². The number of amides is 1. The van der Waals surface area contributed by atoms with Gasteiger partial charge in [0.25, 0.3) is 11.5 Å². The number of hydrogen-bond acceptors (Lipinski definition) is 5. The van der Waals surface area contributed by atoms with E-state index in [0.29, 0.717) is 43.4 Å². The molecule has 1 aliphatic rings. The van der Waals surface area contributed by atoms with Gasteiger partial charge in [0.1, 0.15) is 11.5 Å². The standard InChI is InChI=1S/C24H26N4O3/c1-16-5-4-6-20(17(16)2)19-13-21(24(30)27(3)15-19)26-22-8-7-18(14-25-22)23(29)28-9-11-31-12-10-28/h4-8,13-15H,9-12H2,1-3H3,(H,25,26). The highest BCUT2D eigenvalue weighted by atomic mass is 16.5. The molecule has 0 atom stereocenters. The Kier molecular flexibility index (Phi) is 5.86. The van der Waals surface area contributed by atoms with E-state index >= 15 is 0 Å². The number of carbonyl (C=O) groups is 1. The highest BCUT2D eigenvalue weighted by Gasteiger charge is 2.19. The van der Waals surface area contributed by atoms with E-state index in [9.17, 15) is 9.59 Å². The van der Waals surface area contributed by atoms with Crippen molar-refractivity contribution in [3.8, 4) is 11.1 Å². The molecule has 3 aromatic rings. The van der Waals surface area contributed by atoms with Gasteiger partial charge in [-0.2, -0.15) is 0 Å². The molecule has 1 saturated heterocycles. The SMILES string of the molecule is Cc1cccc(-c2cc(Nc3ccc(C(=O)N4CCOCC4)cn3)c(=O)n(C)c2)c1C. The minimum absolute atomic E-state index is 0.0600. The van der Waals surface area contributed by atoms with Crippen molar-refractivity contribution < 1.29 is 9.53 Å². The number of rotatable bonds is 4. The number of nitrogens with zero attached hydrogens (tertiary/aromatic N) is 3. The largest absolute Gasteiger partial charge is 0.378 e. The molecule has 0 unspecified atom stereocenters. The number of pyridine rings is 2. The van der Waals surface area contributed by atoms with Crippen molar-refractivity contribution >= 4 is 17.4 Å². The molecule has 1 aromatic carbocycles. The summed E-state index contributed by atoms with van der Waals surface area (Å²) in [7, 11) is 1.74. The minimum atomic E-state index is -0.149. The lowest BCUT2D eigenvalue weighted by Crippen LogP contribution is -2.40. The molecule has 3 heterocycles. The first-order chi connectivity index (χ1) is 14.9. The summed E-state index contributed by atoms with van der Waals surface area (Å²) < 4.78 is 6.86. The summed E-state index contributed by atoms with van der Waals surface area (Å²) in [4.78, 5) is 31.4. The lowest BCUT2D eigenvalue weighted by molar-refractivity contribution is 0.0302. The molecule has 7 heteroatoms. The number of aryl methyl sites for hydroxylation is 2. The lowest BCUT2D eigenvalue weighted by atomic mass is 9.98. The van der Waals surface area contributed by atoms with E-state index in [0.717, 1.165) is 11.1 Å². The Labute approximate surface area is 181 Å². The molecule has 0 spiro atoms. The molecule has 1 amide bonds. The Morgan fingerprint density at radius 2 is 1.90 bits per heavy atom. The summed E-state index contributed by atoms with van der Waals surface area (Å²) in [5.41, 5.74) is 5.21. The summed E-state index contributed by atoms with van der Waals surface area (Å²) >= 11 is 0. The van der Waals surface area contributed by atoms with E-state index in [1.165, 1.54) is 11.1 Å². The average Bonchev–Trinajstić information content (AvgIpc) is 2.79. The number of ether oxygens (including phenoxy) is 1. The third-order valence-corrected chi connectivity index (χ3v) is 5.67. The van der Waals surface area contributed by atoms with Crippen LogP contribution in [-0.4, -0.2) is 46.7 Å². The predicted molar refractivity (Wildman–Crippen MR) is 121 cm³/mol. The van der Waals surface area contributed by atoms with Gasteiger partial charge in [-0.05, 0) is 48.7 Å². The van der Waals surface area contributed by atoms with Crippen LogP contribution in [0.1, 0.15) is 21.5 Å². The first kappa shape index (κ1) is 20.8. The number of benzene rings is 1. The number of anilines is 2. The lowest BCUT2D eigenvalue weighted by Gasteiger charge is -2.26. The van der Waals surface area contributed by atoms with Gasteiger partial charge in [-0.1, -0.05) is 18.2 Å². The van der Waals surface area contributed by atoms with Gasteiger partial charge in [-0.15, -0.1) is 0 Å². The molecule has 160 valence electrons. The second-order valence-corrected chi connectivity index (χ2v) is 7.77. The van der Waals surface area contributed by atoms with Crippen LogP contribution >= 0.6 is 0 Å². The monoisotopic (exact) mass is 418 g/mol. The van der Waals surface area contributed by atoms with E-state index in [-0.39, 0.29) is 11.5 Å². The van der Waals surface area contributed by atoms with Crippen molar-refractivity contribution in [2.45, 2.75) is 13.8 Å². The molecule has 4 rings (SSSR count). The highest BCUT2D eigenvalue weighted by molar-refractivity contribution is 5.94. The molecule has 0 bridgehead atoms. The zero-order valence-corrected chi connectivity index (χ0v) is 18.0. The number of aromatic nitrogens is 2. The van der Waals surface area contributed by atoms with Crippen LogP contribution in [0.3, 0.4) is 0 Å². The number of morpholine rings is 1. The normalized spacial score (nSPS) is 13.8. The van der Waals surface area contributed by atoms with Gasteiger partial charge in [0, 0.05) is 38.1 Å². The molecule has 1 N–H and O–H groups in total. The van der Waals surface area contributed by atoms with Crippen LogP contribution < -0.4 is 10.9 Å². The van der Waals surface area contributed by atoms with E-state index in [2.05, 4.69) is 36.3 Å². The Balaban J connectivity index is 1.59. The fourth-order valence-corrected chi connectivity index (χ4v) is 3.69. The van der Waals surface area contributed by atoms with Crippen molar-refractivity contribution in [3.63, 3.8) is 0 Å². The van der Waals surface area contributed by atoms with Crippen LogP contribution in [0.4, 0.5) is 11.5 Å². The first-order valence-corrected chi connectivity index (χ1v) is 10.3. The molecule has 31 heavy (non-hydrogen) atoms. The van der Waals surface area contributed by atoms with Gasteiger partial charge in [-0.25, -0.2) is 4.98 Å². The Hall–Kier alpha value is -3.45. The van der Waals surface area contributed by atoms with Crippen LogP contribution in [0.15, 0.2) is 53.6 Å². The first-order valence-electron chi connectivity index (χ1n) is 10.3. The van der Waals surface area contributed by atoms with Crippen LogP contribution in [0.2, 0.25) is 0 Å². The molecule has 7 nitrogen and oxygen atoms in total. The third kappa shape index (κ3) is 4.36. The second kappa shape index (κ2) is 8.73. The van der Waals surface area contributed by atoms with Crippen molar-refractivity contribution in [3.05, 3.63) is 75.8 Å². The fraction of sp³-hybridized carbons (Fsp3) is 0.292. The Morgan fingerprint density at radius 1 is 1.13 bits per heavy atom. The summed E-state index contributed by atoms with van der Waals surface area (Å²) in [6, 6.07) is 11.4. The summed E-state index contributed by atoms with van der Waals surface area (Å²) in [5, 5.41) is 3.11. The fourth-order valence-electron chi connectivity index (χ4n) is 3.69. The van der Waals surface area contributed by atoms with Crippen LogP contribution in [0.25, 0.3) is 11.1 Å². The van der Waals surface area contributed by atoms with E-state index in [4.69, 9.17) is 4.74 Å². The van der Waals surface area contributed by atoms with Gasteiger partial charge < -0.3 is 19.5 Å². The second-order valence-electron chi connectivity index (χ2n) is 7.77. The molecule has 1 aliphatic heterocycles. The maximum Gasteiger partial charge on any atom is 0.274 e. The van der Waals surface area contributed by atoms with Crippen molar-refractivity contribution in [1.29, 1.82) is 0 Å². The van der Waals surface area contributed by atoms with Crippen molar-refractivity contribution in [1.82, 2.24) is 14.5 Å². The third-order valence-electron chi connectivity index (χ3n) is 5.67. The maximum absolute atomic E-state index is 12.7. The number of hydrogen-bond donors (Lipinski definition) is 1. The summed E-state index contributed by atoms with van der Waals surface area (Å²) in [5.74, 6) is 0.448. The smallest absolute Gasteiger partial charge is 0.274 e. The van der Waals surface area contributed by atoms with Gasteiger partial charge in [0.2, 0.25) is 0 Å². The van der Waals surface area contributed by atoms with E-state index < -0.39 is 0 Å². The van der Waals surface area contributed by atoms with Gasteiger partial charge in [-0.3, -0.25) is 9.59 Å². The summed E-state index contributed by atoms with van der Waals surface area (Å²) in [6.07, 6.45) is 3.38. The van der Waals surface area contributed by atoms with E-state index in [1.54, 1.807) is 34.8 Å². The molecule has 0 radical (unpaired) electrons. The Bertz CT molecular complexity index is 1160. The van der Waals surface area contributed by atoms with Crippen molar-refractivity contribution in [2.75, 3.05) is 31.6 Å². The van der Waals surface area contributed by atoms with Gasteiger partial charge in [0.05, 0.1) is 18.8 Å². The highest BCUT2D eigenvalue weighted by Crippen LogP contribution is 2.27. The van der Waals surface area contributed by atoms with Crippen LogP contribution in [-0.2, 0) is 11.8 Å². The average molecular weight is 418 g/mol. The molecule has 0 saturated carbocycles. The topological polar surface area (TPSA) is 76.5 Å². The van der Waals surface area contributed by atoms with Crippen LogP contribution in [0, 0.1) is 13.8 Å². The zero-order valence-electron chi connectivity index (χ0n) is 18.0. The maximum atomic E-state index is 12.7. The predicted octanol–water partition coefficient (Wildman–Crippen LogP) is 3.28. The molecule has 0 aliphatic carbocycles. The quantitative estimate of drug-likeness (QED) is 0.704. The number of nitrogens with one attached hydrogen (secondary N) is 1. The van der Waals surface area contributed by atoms with Crippen LogP contribution in [0.5, 0.6) is 0 Å². The van der Waals surface area contributed by atoms with E-state index in [1.807, 2.05) is 18.3 Å². The molecular weight excluding hydrogens is 392 g/mol. The molecular formula is C24H26N4O3. The molecule has 1 fully saturated rings. The van der Waals surface area contributed by atoms with Gasteiger partial charge >= 0.3 is 0 Å². The Morgan fingerprint density at radius 3 is 2.61 bits per heavy atom. The minimum Gasteiger partial charge on any atom is -0.378 e.